The van der Waals surface area contributed by atoms with Crippen molar-refractivity contribution in [3.05, 3.63) is 33.4 Å². The minimum absolute atomic E-state index is 0.127. The van der Waals surface area contributed by atoms with Crippen molar-refractivity contribution in [2.45, 2.75) is 38.6 Å². The summed E-state index contributed by atoms with van der Waals surface area (Å²) in [6.07, 6.45) is 8.62. The Labute approximate surface area is 130 Å². The standard InChI is InChI=1S/C14H15N5S2/c1-9(13-16-10-4-2-3-5-12(10)21-13)19-8-11(17-18-19)14-15-6-7-20-14/h6-9H,2-5H2,1H3. The third-order valence-corrected chi connectivity index (χ3v) is 5.90. The van der Waals surface area contributed by atoms with Gasteiger partial charge in [0.25, 0.3) is 0 Å². The van der Waals surface area contributed by atoms with Crippen LogP contribution in [0.3, 0.4) is 0 Å². The van der Waals surface area contributed by atoms with E-state index >= 15 is 0 Å². The zero-order valence-corrected chi connectivity index (χ0v) is 13.3. The fourth-order valence-corrected chi connectivity index (χ4v) is 4.36. The Morgan fingerprint density at radius 1 is 1.29 bits per heavy atom. The van der Waals surface area contributed by atoms with Gasteiger partial charge in [-0.05, 0) is 32.6 Å². The second-order valence-electron chi connectivity index (χ2n) is 5.23. The predicted octanol–water partition coefficient (Wildman–Crippen LogP) is 3.35. The number of aryl methyl sites for hydroxylation is 2. The third-order valence-electron chi connectivity index (χ3n) is 3.78. The van der Waals surface area contributed by atoms with Crippen molar-refractivity contribution < 1.29 is 0 Å². The van der Waals surface area contributed by atoms with Crippen molar-refractivity contribution in [3.63, 3.8) is 0 Å². The van der Waals surface area contributed by atoms with Crippen molar-refractivity contribution in [3.8, 4) is 10.7 Å². The molecule has 0 saturated carbocycles. The van der Waals surface area contributed by atoms with E-state index in [1.165, 1.54) is 29.8 Å². The smallest absolute Gasteiger partial charge is 0.145 e. The number of fused-ring (bicyclic) bond motifs is 1. The van der Waals surface area contributed by atoms with Gasteiger partial charge in [0.05, 0.1) is 11.9 Å². The van der Waals surface area contributed by atoms with Gasteiger partial charge in [-0.15, -0.1) is 27.8 Å². The number of hydrogen-bond acceptors (Lipinski definition) is 6. The second-order valence-corrected chi connectivity index (χ2v) is 7.24. The fourth-order valence-electron chi connectivity index (χ4n) is 2.58. The van der Waals surface area contributed by atoms with Gasteiger partial charge in [-0.2, -0.15) is 0 Å². The van der Waals surface area contributed by atoms with Crippen molar-refractivity contribution in [2.75, 3.05) is 0 Å². The van der Waals surface area contributed by atoms with Crippen molar-refractivity contribution >= 4 is 22.7 Å². The topological polar surface area (TPSA) is 56.5 Å². The van der Waals surface area contributed by atoms with Crippen molar-refractivity contribution in [2.24, 2.45) is 0 Å². The molecule has 0 fully saturated rings. The lowest BCUT2D eigenvalue weighted by molar-refractivity contribution is 0.539. The van der Waals surface area contributed by atoms with Crippen LogP contribution in [0.4, 0.5) is 0 Å². The summed E-state index contributed by atoms with van der Waals surface area (Å²) in [7, 11) is 0. The Morgan fingerprint density at radius 3 is 3.00 bits per heavy atom. The predicted molar refractivity (Wildman–Crippen MR) is 83.7 cm³/mol. The summed E-state index contributed by atoms with van der Waals surface area (Å²) >= 11 is 3.41. The summed E-state index contributed by atoms with van der Waals surface area (Å²) in [6.45, 7) is 2.13. The van der Waals surface area contributed by atoms with Crippen LogP contribution in [-0.4, -0.2) is 25.0 Å². The lowest BCUT2D eigenvalue weighted by Crippen LogP contribution is -2.07. The first-order valence-corrected chi connectivity index (χ1v) is 8.81. The number of aromatic nitrogens is 5. The highest BCUT2D eigenvalue weighted by atomic mass is 32.1. The molecule has 21 heavy (non-hydrogen) atoms. The van der Waals surface area contributed by atoms with Gasteiger partial charge in [0.1, 0.15) is 21.8 Å². The van der Waals surface area contributed by atoms with Crippen LogP contribution in [0.15, 0.2) is 17.8 Å². The van der Waals surface area contributed by atoms with E-state index < -0.39 is 0 Å². The first-order valence-electron chi connectivity index (χ1n) is 7.11. The lowest BCUT2D eigenvalue weighted by atomic mass is 10.0. The van der Waals surface area contributed by atoms with E-state index in [2.05, 4.69) is 22.2 Å². The molecule has 1 unspecified atom stereocenters. The molecule has 0 amide bonds. The maximum atomic E-state index is 4.82. The van der Waals surface area contributed by atoms with E-state index in [1.54, 1.807) is 17.5 Å². The Kier molecular flexibility index (Phi) is 3.31. The largest absolute Gasteiger partial charge is 0.244 e. The maximum absolute atomic E-state index is 4.82. The maximum Gasteiger partial charge on any atom is 0.145 e. The Morgan fingerprint density at radius 2 is 2.19 bits per heavy atom. The van der Waals surface area contributed by atoms with E-state index in [4.69, 9.17) is 4.98 Å². The molecule has 0 aromatic carbocycles. The molecule has 1 atom stereocenters. The summed E-state index contributed by atoms with van der Waals surface area (Å²) in [5, 5.41) is 12.5. The van der Waals surface area contributed by atoms with Gasteiger partial charge in [0, 0.05) is 16.5 Å². The monoisotopic (exact) mass is 317 g/mol. The number of hydrogen-bond donors (Lipinski definition) is 0. The average Bonchev–Trinajstić information content (AvgIpc) is 3.24. The molecule has 5 nitrogen and oxygen atoms in total. The molecule has 0 spiro atoms. The van der Waals surface area contributed by atoms with Gasteiger partial charge < -0.3 is 0 Å². The molecule has 3 heterocycles. The van der Waals surface area contributed by atoms with Crippen LogP contribution in [0.2, 0.25) is 0 Å². The van der Waals surface area contributed by atoms with E-state index in [0.717, 1.165) is 22.1 Å². The highest BCUT2D eigenvalue weighted by Gasteiger charge is 2.20. The SMILES string of the molecule is CC(c1nc2c(s1)CCCC2)n1cc(-c2nccs2)nn1. The lowest BCUT2D eigenvalue weighted by Gasteiger charge is -2.07. The fraction of sp³-hybridized carbons (Fsp3) is 0.429. The molecule has 0 N–H and O–H groups in total. The molecule has 3 aromatic rings. The van der Waals surface area contributed by atoms with Gasteiger partial charge in [0.2, 0.25) is 0 Å². The van der Waals surface area contributed by atoms with Gasteiger partial charge in [-0.1, -0.05) is 5.21 Å². The van der Waals surface area contributed by atoms with Crippen LogP contribution in [0.5, 0.6) is 0 Å². The number of rotatable bonds is 3. The van der Waals surface area contributed by atoms with E-state index in [1.807, 2.05) is 27.6 Å². The first kappa shape index (κ1) is 13.1. The highest BCUT2D eigenvalue weighted by Crippen LogP contribution is 2.31. The van der Waals surface area contributed by atoms with Crippen LogP contribution in [0.25, 0.3) is 10.7 Å². The van der Waals surface area contributed by atoms with Crippen LogP contribution in [0, 0.1) is 0 Å². The summed E-state index contributed by atoms with van der Waals surface area (Å²) in [4.78, 5) is 10.6. The van der Waals surface area contributed by atoms with Crippen LogP contribution in [-0.2, 0) is 12.8 Å². The number of nitrogens with zero attached hydrogens (tertiary/aromatic N) is 5. The molecule has 4 rings (SSSR count). The van der Waals surface area contributed by atoms with E-state index in [-0.39, 0.29) is 6.04 Å². The normalized spacial score (nSPS) is 15.9. The van der Waals surface area contributed by atoms with Gasteiger partial charge in [0.15, 0.2) is 0 Å². The quantitative estimate of drug-likeness (QED) is 0.743. The molecule has 7 heteroatoms. The summed E-state index contributed by atoms with van der Waals surface area (Å²) in [5.41, 5.74) is 2.13. The highest BCUT2D eigenvalue weighted by molar-refractivity contribution is 7.13. The molecule has 0 radical (unpaired) electrons. The molecular weight excluding hydrogens is 302 g/mol. The molecule has 1 aliphatic rings. The number of thiazole rings is 2. The second kappa shape index (κ2) is 5.31. The molecular formula is C14H15N5S2. The Balaban J connectivity index is 1.62. The molecule has 1 aliphatic carbocycles. The summed E-state index contributed by atoms with van der Waals surface area (Å²) in [5.74, 6) is 0. The minimum atomic E-state index is 0.127. The van der Waals surface area contributed by atoms with E-state index in [9.17, 15) is 0 Å². The Bertz CT molecular complexity index is 720. The third kappa shape index (κ3) is 2.40. The zero-order valence-electron chi connectivity index (χ0n) is 11.7. The zero-order chi connectivity index (χ0) is 14.2. The molecule has 108 valence electrons. The summed E-state index contributed by atoms with van der Waals surface area (Å²) in [6, 6.07) is 0.127. The molecule has 3 aromatic heterocycles. The molecule has 0 bridgehead atoms. The van der Waals surface area contributed by atoms with Gasteiger partial charge in [-0.25, -0.2) is 14.6 Å². The van der Waals surface area contributed by atoms with Crippen molar-refractivity contribution in [1.29, 1.82) is 0 Å². The van der Waals surface area contributed by atoms with Crippen molar-refractivity contribution in [1.82, 2.24) is 25.0 Å². The van der Waals surface area contributed by atoms with E-state index in [0.29, 0.717) is 0 Å². The Hall–Kier alpha value is -1.60. The molecule has 0 aliphatic heterocycles. The van der Waals surface area contributed by atoms with Crippen LogP contribution < -0.4 is 0 Å². The minimum Gasteiger partial charge on any atom is -0.244 e. The first-order chi connectivity index (χ1) is 10.3. The van der Waals surface area contributed by atoms with Gasteiger partial charge >= 0.3 is 0 Å². The van der Waals surface area contributed by atoms with Gasteiger partial charge in [-0.3, -0.25) is 0 Å². The van der Waals surface area contributed by atoms with Crippen LogP contribution in [0.1, 0.15) is 41.4 Å². The average molecular weight is 317 g/mol. The molecule has 0 saturated heterocycles. The van der Waals surface area contributed by atoms with Crippen LogP contribution >= 0.6 is 22.7 Å². The summed E-state index contributed by atoms with van der Waals surface area (Å²) < 4.78 is 1.89.